The van der Waals surface area contributed by atoms with E-state index < -0.39 is 10.0 Å². The first-order valence-electron chi connectivity index (χ1n) is 10.4. The molecule has 6 heteroatoms. The zero-order chi connectivity index (χ0) is 19.7. The number of halogens is 1. The zero-order valence-electron chi connectivity index (χ0n) is 17.3. The number of hydrogen-bond donors (Lipinski definition) is 0. The van der Waals surface area contributed by atoms with E-state index in [1.165, 1.54) is 24.0 Å². The van der Waals surface area contributed by atoms with Crippen LogP contribution in [0.3, 0.4) is 0 Å². The average molecular weight is 435 g/mol. The van der Waals surface area contributed by atoms with Crippen LogP contribution in [0.4, 0.5) is 0 Å². The van der Waals surface area contributed by atoms with Crippen molar-refractivity contribution in [2.24, 2.45) is 0 Å². The van der Waals surface area contributed by atoms with E-state index in [1.54, 1.807) is 22.0 Å². The Morgan fingerprint density at radius 1 is 1.07 bits per heavy atom. The van der Waals surface area contributed by atoms with Gasteiger partial charge in [-0.2, -0.15) is 4.31 Å². The largest absolute Gasteiger partial charge is 0.296 e. The maximum Gasteiger partial charge on any atom is 0.243 e. The quantitative estimate of drug-likeness (QED) is 0.649. The van der Waals surface area contributed by atoms with Gasteiger partial charge >= 0.3 is 0 Å². The van der Waals surface area contributed by atoms with Crippen LogP contribution in [-0.2, 0) is 22.9 Å². The molecule has 158 valence electrons. The molecule has 2 aromatic rings. The third-order valence-electron chi connectivity index (χ3n) is 6.28. The second-order valence-corrected chi connectivity index (χ2v) is 9.93. The Balaban J connectivity index is 0.00000240. The SMILES string of the molecule is CCN(CCCN1CCc2cccc3c2[C@@H]1CC3)S(=O)(=O)c1ccc(C)cc1.Cl. The zero-order valence-corrected chi connectivity index (χ0v) is 18.9. The van der Waals surface area contributed by atoms with Crippen molar-refractivity contribution in [1.82, 2.24) is 9.21 Å². The first-order valence-corrected chi connectivity index (χ1v) is 11.9. The highest BCUT2D eigenvalue weighted by Crippen LogP contribution is 2.41. The van der Waals surface area contributed by atoms with E-state index in [0.717, 1.165) is 31.5 Å². The van der Waals surface area contributed by atoms with Crippen molar-refractivity contribution in [3.8, 4) is 0 Å². The van der Waals surface area contributed by atoms with Gasteiger partial charge in [0.25, 0.3) is 0 Å². The normalized spacial score (nSPS) is 18.5. The highest BCUT2D eigenvalue weighted by atomic mass is 35.5. The number of aryl methyl sites for hydroxylation is 2. The minimum Gasteiger partial charge on any atom is -0.296 e. The molecule has 0 radical (unpaired) electrons. The van der Waals surface area contributed by atoms with Gasteiger partial charge in [-0.15, -0.1) is 12.4 Å². The number of hydrogen-bond acceptors (Lipinski definition) is 3. The molecular weight excluding hydrogens is 404 g/mol. The molecule has 1 atom stereocenters. The third-order valence-corrected chi connectivity index (χ3v) is 8.27. The van der Waals surface area contributed by atoms with Crippen LogP contribution in [0.2, 0.25) is 0 Å². The van der Waals surface area contributed by atoms with Gasteiger partial charge < -0.3 is 0 Å². The van der Waals surface area contributed by atoms with Gasteiger partial charge in [0.15, 0.2) is 0 Å². The molecule has 1 aliphatic carbocycles. The summed E-state index contributed by atoms with van der Waals surface area (Å²) in [4.78, 5) is 2.97. The molecule has 0 N–H and O–H groups in total. The van der Waals surface area contributed by atoms with Gasteiger partial charge in [-0.1, -0.05) is 42.8 Å². The number of rotatable bonds is 7. The van der Waals surface area contributed by atoms with Gasteiger partial charge in [0.2, 0.25) is 10.0 Å². The molecule has 29 heavy (non-hydrogen) atoms. The summed E-state index contributed by atoms with van der Waals surface area (Å²) in [5, 5.41) is 0. The summed E-state index contributed by atoms with van der Waals surface area (Å²) in [6.45, 7) is 7.01. The van der Waals surface area contributed by atoms with E-state index >= 15 is 0 Å². The van der Waals surface area contributed by atoms with Gasteiger partial charge in [-0.25, -0.2) is 8.42 Å². The standard InChI is InChI=1S/C23H30N2O2S.ClH/c1-3-25(28(26,27)21-11-8-18(2)9-12-21)16-5-15-24-17-14-20-7-4-6-19-10-13-22(24)23(19)20;/h4,6-9,11-12,22H,3,5,10,13-17H2,1-2H3;1H/t22-;/m0./s1. The second-order valence-electron chi connectivity index (χ2n) is 7.99. The van der Waals surface area contributed by atoms with Crippen molar-refractivity contribution >= 4 is 22.4 Å². The van der Waals surface area contributed by atoms with E-state index in [4.69, 9.17) is 0 Å². The molecule has 0 fully saturated rings. The highest BCUT2D eigenvalue weighted by molar-refractivity contribution is 7.89. The summed E-state index contributed by atoms with van der Waals surface area (Å²) in [6, 6.07) is 14.4. The molecule has 0 saturated carbocycles. The minimum absolute atomic E-state index is 0. The topological polar surface area (TPSA) is 40.6 Å². The summed E-state index contributed by atoms with van der Waals surface area (Å²) in [7, 11) is -3.41. The Morgan fingerprint density at radius 3 is 2.45 bits per heavy atom. The van der Waals surface area contributed by atoms with Crippen molar-refractivity contribution in [2.75, 3.05) is 26.2 Å². The smallest absolute Gasteiger partial charge is 0.243 e. The fourth-order valence-corrected chi connectivity index (χ4v) is 6.26. The van der Waals surface area contributed by atoms with Crippen LogP contribution in [0.5, 0.6) is 0 Å². The number of benzene rings is 2. The van der Waals surface area contributed by atoms with E-state index in [2.05, 4.69) is 23.1 Å². The van der Waals surface area contributed by atoms with Gasteiger partial charge in [0.1, 0.15) is 0 Å². The summed E-state index contributed by atoms with van der Waals surface area (Å²) in [5.74, 6) is 0. The predicted molar refractivity (Wildman–Crippen MR) is 120 cm³/mol. The van der Waals surface area contributed by atoms with E-state index in [9.17, 15) is 8.42 Å². The molecule has 2 aromatic carbocycles. The summed E-state index contributed by atoms with van der Waals surface area (Å²) in [6.07, 6.45) is 4.35. The van der Waals surface area contributed by atoms with Crippen LogP contribution in [0.15, 0.2) is 47.4 Å². The van der Waals surface area contributed by atoms with Crippen LogP contribution in [0.1, 0.15) is 48.1 Å². The van der Waals surface area contributed by atoms with Crippen LogP contribution >= 0.6 is 12.4 Å². The Morgan fingerprint density at radius 2 is 1.76 bits per heavy atom. The predicted octanol–water partition coefficient (Wildman–Crippen LogP) is 4.36. The molecule has 0 unspecified atom stereocenters. The van der Waals surface area contributed by atoms with Crippen molar-refractivity contribution < 1.29 is 8.42 Å². The molecule has 0 amide bonds. The average Bonchev–Trinajstić information content (AvgIpc) is 3.13. The van der Waals surface area contributed by atoms with E-state index in [1.807, 2.05) is 26.0 Å². The van der Waals surface area contributed by atoms with E-state index in [-0.39, 0.29) is 12.4 Å². The lowest BCUT2D eigenvalue weighted by molar-refractivity contribution is 0.179. The fraction of sp³-hybridized carbons (Fsp3) is 0.478. The molecule has 0 saturated heterocycles. The molecule has 4 rings (SSSR count). The van der Waals surface area contributed by atoms with Crippen LogP contribution in [0, 0.1) is 6.92 Å². The maximum absolute atomic E-state index is 13.0. The summed E-state index contributed by atoms with van der Waals surface area (Å²) < 4.78 is 27.5. The summed E-state index contributed by atoms with van der Waals surface area (Å²) in [5.41, 5.74) is 5.68. The maximum atomic E-state index is 13.0. The first-order chi connectivity index (χ1) is 13.5. The number of sulfonamides is 1. The lowest BCUT2D eigenvalue weighted by Crippen LogP contribution is -2.38. The molecule has 0 aromatic heterocycles. The Labute approximate surface area is 181 Å². The molecule has 0 bridgehead atoms. The summed E-state index contributed by atoms with van der Waals surface area (Å²) >= 11 is 0. The molecular formula is C23H31ClN2O2S. The van der Waals surface area contributed by atoms with Crippen LogP contribution in [0.25, 0.3) is 0 Å². The lowest BCUT2D eigenvalue weighted by atomic mass is 9.93. The first kappa shape index (κ1) is 22.3. The molecule has 1 aliphatic heterocycles. The van der Waals surface area contributed by atoms with Crippen molar-refractivity contribution in [1.29, 1.82) is 0 Å². The minimum atomic E-state index is -3.41. The van der Waals surface area contributed by atoms with Gasteiger partial charge in [-0.05, 0) is 61.4 Å². The van der Waals surface area contributed by atoms with Crippen LogP contribution in [-0.4, -0.2) is 43.8 Å². The third kappa shape index (κ3) is 4.38. The van der Waals surface area contributed by atoms with Gasteiger partial charge in [-0.3, -0.25) is 4.90 Å². The Hall–Kier alpha value is -1.40. The van der Waals surface area contributed by atoms with Gasteiger partial charge in [0, 0.05) is 32.2 Å². The molecule has 0 spiro atoms. The van der Waals surface area contributed by atoms with Crippen molar-refractivity contribution in [2.45, 2.75) is 50.5 Å². The lowest BCUT2D eigenvalue weighted by Gasteiger charge is -2.35. The molecule has 2 aliphatic rings. The van der Waals surface area contributed by atoms with Gasteiger partial charge in [0.05, 0.1) is 4.90 Å². The fourth-order valence-electron chi connectivity index (χ4n) is 4.78. The Kier molecular flexibility index (Phi) is 7.05. The number of nitrogens with zero attached hydrogens (tertiary/aromatic N) is 2. The van der Waals surface area contributed by atoms with Crippen LogP contribution < -0.4 is 0 Å². The van der Waals surface area contributed by atoms with Crippen molar-refractivity contribution in [3.05, 3.63) is 64.7 Å². The molecule has 4 nitrogen and oxygen atoms in total. The van der Waals surface area contributed by atoms with E-state index in [0.29, 0.717) is 24.0 Å². The second kappa shape index (κ2) is 9.17. The highest BCUT2D eigenvalue weighted by Gasteiger charge is 2.33. The monoisotopic (exact) mass is 434 g/mol. The molecule has 1 heterocycles. The van der Waals surface area contributed by atoms with Crippen molar-refractivity contribution in [3.63, 3.8) is 0 Å². The Bertz CT molecular complexity index is 944.